The second kappa shape index (κ2) is 11.8. The van der Waals surface area contributed by atoms with Gasteiger partial charge in [0.15, 0.2) is 0 Å². The molecule has 19 heavy (non-hydrogen) atoms. The predicted octanol–water partition coefficient (Wildman–Crippen LogP) is 5.62. The average Bonchev–Trinajstić information content (AvgIpc) is 2.95. The smallest absolute Gasteiger partial charge is 0.136 e. The van der Waals surface area contributed by atoms with E-state index in [2.05, 4.69) is 6.92 Å². The lowest BCUT2D eigenvalue weighted by molar-refractivity contribution is -0.122. The Morgan fingerprint density at radius 2 is 1.53 bits per heavy atom. The lowest BCUT2D eigenvalue weighted by Crippen LogP contribution is -2.13. The number of unbranched alkanes of at least 4 members (excludes halogenated alkanes) is 9. The maximum absolute atomic E-state index is 11.9. The van der Waals surface area contributed by atoms with Crippen molar-refractivity contribution in [2.45, 2.75) is 84.0 Å². The Morgan fingerprint density at radius 3 is 2.05 bits per heavy atom. The monoisotopic (exact) mass is 284 g/mol. The molecule has 1 rings (SSSR count). The van der Waals surface area contributed by atoms with Crippen LogP contribution in [0.25, 0.3) is 0 Å². The Balaban J connectivity index is 1.79. The highest BCUT2D eigenvalue weighted by Gasteiger charge is 2.22. The number of rotatable bonds is 12. The van der Waals surface area contributed by atoms with Crippen molar-refractivity contribution in [1.29, 1.82) is 0 Å². The van der Waals surface area contributed by atoms with Crippen molar-refractivity contribution in [3.8, 4) is 0 Å². The van der Waals surface area contributed by atoms with Crippen LogP contribution in [0.5, 0.6) is 0 Å². The van der Waals surface area contributed by atoms with Crippen LogP contribution in [0.2, 0.25) is 0 Å². The number of hydrogen-bond donors (Lipinski definition) is 0. The van der Waals surface area contributed by atoms with E-state index in [0.29, 0.717) is 11.7 Å². The highest BCUT2D eigenvalue weighted by atomic mass is 32.2. The molecular formula is C17H32OS. The molecule has 1 fully saturated rings. The van der Waals surface area contributed by atoms with Crippen molar-refractivity contribution < 1.29 is 4.79 Å². The molecule has 1 aliphatic heterocycles. The third-order valence-corrected chi connectivity index (χ3v) is 5.32. The normalized spacial score (nSPS) is 18.9. The van der Waals surface area contributed by atoms with Crippen LogP contribution < -0.4 is 0 Å². The fraction of sp³-hybridized carbons (Fsp3) is 0.941. The fourth-order valence-corrected chi connectivity index (χ4v) is 4.03. The Kier molecular flexibility index (Phi) is 10.6. The number of thioether (sulfide) groups is 1. The van der Waals surface area contributed by atoms with Gasteiger partial charge in [-0.2, -0.15) is 11.8 Å². The molecule has 0 amide bonds. The van der Waals surface area contributed by atoms with Crippen LogP contribution in [0.3, 0.4) is 0 Å². The first-order valence-corrected chi connectivity index (χ1v) is 9.60. The fourth-order valence-electron chi connectivity index (χ4n) is 2.78. The molecule has 0 aromatic carbocycles. The van der Waals surface area contributed by atoms with E-state index in [-0.39, 0.29) is 0 Å². The van der Waals surface area contributed by atoms with E-state index in [1.165, 1.54) is 63.5 Å². The summed E-state index contributed by atoms with van der Waals surface area (Å²) in [4.78, 5) is 11.9. The quantitative estimate of drug-likeness (QED) is 0.433. The van der Waals surface area contributed by atoms with Crippen LogP contribution in [-0.4, -0.2) is 17.3 Å². The summed E-state index contributed by atoms with van der Waals surface area (Å²) < 4.78 is 0. The van der Waals surface area contributed by atoms with Gasteiger partial charge in [0, 0.05) is 18.1 Å². The van der Waals surface area contributed by atoms with E-state index in [0.717, 1.165) is 25.0 Å². The molecule has 1 saturated heterocycles. The van der Waals surface area contributed by atoms with Gasteiger partial charge >= 0.3 is 0 Å². The van der Waals surface area contributed by atoms with Crippen LogP contribution in [0.1, 0.15) is 84.0 Å². The molecule has 0 N–H and O–H groups in total. The van der Waals surface area contributed by atoms with Crippen LogP contribution in [0, 0.1) is 5.92 Å². The minimum absolute atomic E-state index is 0.406. The summed E-state index contributed by atoms with van der Waals surface area (Å²) in [6, 6.07) is 0. The molecule has 0 spiro atoms. The minimum atomic E-state index is 0.406. The molecule has 1 nitrogen and oxygen atoms in total. The van der Waals surface area contributed by atoms with E-state index in [4.69, 9.17) is 0 Å². The third kappa shape index (κ3) is 8.73. The molecule has 0 radical (unpaired) electrons. The molecular weight excluding hydrogens is 252 g/mol. The number of hydrogen-bond acceptors (Lipinski definition) is 2. The van der Waals surface area contributed by atoms with Gasteiger partial charge in [0.05, 0.1) is 0 Å². The van der Waals surface area contributed by atoms with Crippen molar-refractivity contribution in [3.05, 3.63) is 0 Å². The summed E-state index contributed by atoms with van der Waals surface area (Å²) in [6.45, 7) is 2.27. The third-order valence-electron chi connectivity index (χ3n) is 4.16. The van der Waals surface area contributed by atoms with Gasteiger partial charge in [-0.25, -0.2) is 0 Å². The largest absolute Gasteiger partial charge is 0.299 e. The Bertz CT molecular complexity index is 221. The lowest BCUT2D eigenvalue weighted by Gasteiger charge is -2.06. The molecule has 1 heterocycles. The highest BCUT2D eigenvalue weighted by Crippen LogP contribution is 2.25. The number of Topliss-reactive ketones (excluding diaryl/α,β-unsaturated/α-hetero) is 1. The first kappa shape index (κ1) is 17.1. The summed E-state index contributed by atoms with van der Waals surface area (Å²) in [7, 11) is 0. The Morgan fingerprint density at radius 1 is 0.947 bits per heavy atom. The van der Waals surface area contributed by atoms with Gasteiger partial charge in [-0.3, -0.25) is 4.79 Å². The summed E-state index contributed by atoms with van der Waals surface area (Å²) in [5.74, 6) is 3.25. The molecule has 0 aromatic heterocycles. The summed E-state index contributed by atoms with van der Waals surface area (Å²) >= 11 is 1.95. The molecule has 1 atom stereocenters. The van der Waals surface area contributed by atoms with Crippen LogP contribution >= 0.6 is 11.8 Å². The molecule has 1 aliphatic rings. The molecule has 0 aliphatic carbocycles. The second-order valence-electron chi connectivity index (χ2n) is 5.96. The average molecular weight is 285 g/mol. The van der Waals surface area contributed by atoms with Crippen molar-refractivity contribution in [1.82, 2.24) is 0 Å². The van der Waals surface area contributed by atoms with Gasteiger partial charge in [-0.05, 0) is 18.6 Å². The highest BCUT2D eigenvalue weighted by molar-refractivity contribution is 7.99. The number of carbonyl (C=O) groups is 1. The van der Waals surface area contributed by atoms with Gasteiger partial charge in [-0.1, -0.05) is 64.7 Å². The predicted molar refractivity (Wildman–Crippen MR) is 86.9 cm³/mol. The Labute approximate surface area is 124 Å². The molecule has 1 unspecified atom stereocenters. The van der Waals surface area contributed by atoms with Gasteiger partial charge in [0.2, 0.25) is 0 Å². The van der Waals surface area contributed by atoms with Crippen LogP contribution in [-0.2, 0) is 4.79 Å². The van der Waals surface area contributed by atoms with Crippen molar-refractivity contribution in [3.63, 3.8) is 0 Å². The van der Waals surface area contributed by atoms with Crippen molar-refractivity contribution in [2.75, 3.05) is 11.5 Å². The number of ketones is 1. The van der Waals surface area contributed by atoms with Crippen LogP contribution in [0.15, 0.2) is 0 Å². The molecule has 0 bridgehead atoms. The van der Waals surface area contributed by atoms with Gasteiger partial charge < -0.3 is 0 Å². The molecule has 0 aromatic rings. The molecule has 0 saturated carbocycles. The van der Waals surface area contributed by atoms with Gasteiger partial charge in [0.25, 0.3) is 0 Å². The van der Waals surface area contributed by atoms with E-state index in [1.54, 1.807) is 0 Å². The standard InChI is InChI=1S/C17H32OS/c1-2-3-4-5-6-7-8-9-10-11-12-17(18)16-13-14-19-15-16/h16H,2-15H2,1H3. The first-order chi connectivity index (χ1) is 9.34. The SMILES string of the molecule is CCCCCCCCCCCCC(=O)C1CCSC1. The zero-order valence-corrected chi connectivity index (χ0v) is 13.6. The van der Waals surface area contributed by atoms with E-state index in [1.807, 2.05) is 11.8 Å². The summed E-state index contributed by atoms with van der Waals surface area (Å²) in [5, 5.41) is 0. The zero-order valence-electron chi connectivity index (χ0n) is 12.8. The maximum atomic E-state index is 11.9. The van der Waals surface area contributed by atoms with Crippen LogP contribution in [0.4, 0.5) is 0 Å². The van der Waals surface area contributed by atoms with Gasteiger partial charge in [-0.15, -0.1) is 0 Å². The van der Waals surface area contributed by atoms with E-state index < -0.39 is 0 Å². The minimum Gasteiger partial charge on any atom is -0.299 e. The van der Waals surface area contributed by atoms with E-state index >= 15 is 0 Å². The second-order valence-corrected chi connectivity index (χ2v) is 7.11. The first-order valence-electron chi connectivity index (χ1n) is 8.45. The van der Waals surface area contributed by atoms with Gasteiger partial charge in [0.1, 0.15) is 5.78 Å². The van der Waals surface area contributed by atoms with Crippen molar-refractivity contribution in [2.24, 2.45) is 5.92 Å². The summed E-state index contributed by atoms with van der Waals surface area (Å²) in [6.07, 6.45) is 15.5. The Hall–Kier alpha value is 0.0200. The topological polar surface area (TPSA) is 17.1 Å². The van der Waals surface area contributed by atoms with Crippen molar-refractivity contribution >= 4 is 17.5 Å². The zero-order chi connectivity index (χ0) is 13.8. The van der Waals surface area contributed by atoms with E-state index in [9.17, 15) is 4.79 Å². The maximum Gasteiger partial charge on any atom is 0.136 e. The molecule has 2 heteroatoms. The number of carbonyl (C=O) groups excluding carboxylic acids is 1. The molecule has 112 valence electrons. The lowest BCUT2D eigenvalue weighted by atomic mass is 9.98. The summed E-state index contributed by atoms with van der Waals surface area (Å²) in [5.41, 5.74) is 0.